The van der Waals surface area contributed by atoms with Crippen LogP contribution in [0.3, 0.4) is 0 Å². The Labute approximate surface area is 189 Å². The number of carbonyl (C=O) groups is 2. The van der Waals surface area contributed by atoms with E-state index in [1.54, 1.807) is 7.11 Å². The average Bonchev–Trinajstić information content (AvgIpc) is 2.79. The van der Waals surface area contributed by atoms with Crippen molar-refractivity contribution < 1.29 is 19.1 Å². The maximum Gasteiger partial charge on any atom is 0.253 e. The Hall–Kier alpha value is -2.86. The Morgan fingerprint density at radius 2 is 1.94 bits per heavy atom. The molecule has 32 heavy (non-hydrogen) atoms. The summed E-state index contributed by atoms with van der Waals surface area (Å²) in [5.41, 5.74) is 2.58. The molecule has 2 aliphatic heterocycles. The van der Waals surface area contributed by atoms with Crippen LogP contribution < -0.4 is 10.1 Å². The lowest BCUT2D eigenvalue weighted by molar-refractivity contribution is -0.122. The van der Waals surface area contributed by atoms with Gasteiger partial charge in [-0.1, -0.05) is 35.9 Å². The molecule has 0 bridgehead atoms. The Morgan fingerprint density at radius 3 is 2.69 bits per heavy atom. The van der Waals surface area contributed by atoms with E-state index in [1.165, 1.54) is 0 Å². The van der Waals surface area contributed by atoms with Crippen molar-refractivity contribution in [1.29, 1.82) is 0 Å². The molecule has 1 atom stereocenters. The van der Waals surface area contributed by atoms with Gasteiger partial charge < -0.3 is 19.7 Å². The van der Waals surface area contributed by atoms with Crippen LogP contribution in [0, 0.1) is 6.92 Å². The molecular weight excluding hydrogens is 404 g/mol. The molecule has 2 aromatic carbocycles. The van der Waals surface area contributed by atoms with E-state index in [-0.39, 0.29) is 23.3 Å². The van der Waals surface area contributed by atoms with Crippen molar-refractivity contribution >= 4 is 11.8 Å². The van der Waals surface area contributed by atoms with Gasteiger partial charge in [0.25, 0.3) is 5.91 Å². The van der Waals surface area contributed by atoms with Crippen LogP contribution >= 0.6 is 0 Å². The zero-order valence-corrected chi connectivity index (χ0v) is 18.9. The van der Waals surface area contributed by atoms with Crippen LogP contribution in [0.1, 0.15) is 53.1 Å². The summed E-state index contributed by atoms with van der Waals surface area (Å²) >= 11 is 0. The highest BCUT2D eigenvalue weighted by Crippen LogP contribution is 2.46. The van der Waals surface area contributed by atoms with E-state index in [1.807, 2.05) is 54.3 Å². The fourth-order valence-corrected chi connectivity index (χ4v) is 4.90. The van der Waals surface area contributed by atoms with Gasteiger partial charge in [0.1, 0.15) is 11.4 Å². The minimum Gasteiger partial charge on any atom is -0.487 e. The SMILES string of the molecule is COCCNC(=O)C[C@@H]1CC2(CCN(C(=O)c3cccc(C)c3)CC2)Oc2ccccc21. The highest BCUT2D eigenvalue weighted by Gasteiger charge is 2.44. The molecule has 2 aliphatic rings. The van der Waals surface area contributed by atoms with E-state index in [4.69, 9.17) is 9.47 Å². The molecule has 6 nitrogen and oxygen atoms in total. The van der Waals surface area contributed by atoms with Crippen LogP contribution in [0.4, 0.5) is 0 Å². The number of hydrogen-bond donors (Lipinski definition) is 1. The predicted octanol–water partition coefficient (Wildman–Crippen LogP) is 3.69. The van der Waals surface area contributed by atoms with Gasteiger partial charge in [0.05, 0.1) is 6.61 Å². The molecule has 0 aromatic heterocycles. The first-order valence-corrected chi connectivity index (χ1v) is 11.4. The average molecular weight is 437 g/mol. The lowest BCUT2D eigenvalue weighted by Crippen LogP contribution is -2.52. The Kier molecular flexibility index (Phi) is 6.80. The second kappa shape index (κ2) is 9.74. The number of ether oxygens (including phenoxy) is 2. The zero-order chi connectivity index (χ0) is 22.6. The standard InChI is InChI=1S/C26H32N2O4/c1-19-6-5-7-20(16-19)25(30)28-13-10-26(11-14-28)18-21(17-24(29)27-12-15-31-2)22-8-3-4-9-23(22)32-26/h3-9,16,21H,10-15,17-18H2,1-2H3,(H,27,29)/t21-/m1/s1. The summed E-state index contributed by atoms with van der Waals surface area (Å²) < 4.78 is 11.6. The summed E-state index contributed by atoms with van der Waals surface area (Å²) in [6, 6.07) is 15.8. The van der Waals surface area contributed by atoms with Crippen LogP contribution in [0.5, 0.6) is 5.75 Å². The summed E-state index contributed by atoms with van der Waals surface area (Å²) in [6.07, 6.45) is 2.74. The van der Waals surface area contributed by atoms with Crippen molar-refractivity contribution in [2.24, 2.45) is 0 Å². The van der Waals surface area contributed by atoms with Gasteiger partial charge in [-0.25, -0.2) is 0 Å². The Balaban J connectivity index is 1.45. The number of para-hydroxylation sites is 1. The Bertz CT molecular complexity index is 966. The van der Waals surface area contributed by atoms with Crippen molar-refractivity contribution in [1.82, 2.24) is 10.2 Å². The normalized spacial score (nSPS) is 19.2. The van der Waals surface area contributed by atoms with Crippen molar-refractivity contribution in [2.75, 3.05) is 33.4 Å². The summed E-state index contributed by atoms with van der Waals surface area (Å²) in [5, 5.41) is 2.94. The maximum atomic E-state index is 13.0. The van der Waals surface area contributed by atoms with Crippen molar-refractivity contribution in [2.45, 2.75) is 44.1 Å². The number of likely N-dealkylation sites (tertiary alicyclic amines) is 1. The van der Waals surface area contributed by atoms with Crippen molar-refractivity contribution in [3.8, 4) is 5.75 Å². The number of benzene rings is 2. The molecule has 1 spiro atoms. The molecule has 6 heteroatoms. The fourth-order valence-electron chi connectivity index (χ4n) is 4.90. The van der Waals surface area contributed by atoms with E-state index in [0.717, 1.165) is 41.7 Å². The number of carbonyl (C=O) groups excluding carboxylic acids is 2. The molecular formula is C26H32N2O4. The maximum absolute atomic E-state index is 13.0. The highest BCUT2D eigenvalue weighted by atomic mass is 16.5. The van der Waals surface area contributed by atoms with E-state index in [0.29, 0.717) is 32.7 Å². The van der Waals surface area contributed by atoms with E-state index < -0.39 is 0 Å². The largest absolute Gasteiger partial charge is 0.487 e. The number of aryl methyl sites for hydroxylation is 1. The highest BCUT2D eigenvalue weighted by molar-refractivity contribution is 5.94. The molecule has 2 heterocycles. The van der Waals surface area contributed by atoms with Gasteiger partial charge in [0.15, 0.2) is 0 Å². The summed E-state index contributed by atoms with van der Waals surface area (Å²) in [4.78, 5) is 27.4. The first-order valence-electron chi connectivity index (χ1n) is 11.4. The molecule has 0 radical (unpaired) electrons. The topological polar surface area (TPSA) is 67.9 Å². The first-order chi connectivity index (χ1) is 15.5. The molecule has 0 saturated carbocycles. The van der Waals surface area contributed by atoms with Crippen LogP contribution in [0.15, 0.2) is 48.5 Å². The third-order valence-electron chi connectivity index (χ3n) is 6.59. The molecule has 170 valence electrons. The predicted molar refractivity (Wildman–Crippen MR) is 123 cm³/mol. The van der Waals surface area contributed by atoms with Crippen molar-refractivity contribution in [3.05, 3.63) is 65.2 Å². The quantitative estimate of drug-likeness (QED) is 0.702. The third-order valence-corrected chi connectivity index (χ3v) is 6.59. The van der Waals surface area contributed by atoms with Gasteiger partial charge in [-0.2, -0.15) is 0 Å². The smallest absolute Gasteiger partial charge is 0.253 e. The molecule has 1 N–H and O–H groups in total. The third kappa shape index (κ3) is 4.96. The van der Waals surface area contributed by atoms with Crippen LogP contribution in [0.2, 0.25) is 0 Å². The first kappa shape index (κ1) is 22.3. The molecule has 1 saturated heterocycles. The van der Waals surface area contributed by atoms with Crippen LogP contribution in [0.25, 0.3) is 0 Å². The lowest BCUT2D eigenvalue weighted by Gasteiger charge is -2.47. The number of rotatable bonds is 6. The fraction of sp³-hybridized carbons (Fsp3) is 0.462. The van der Waals surface area contributed by atoms with E-state index >= 15 is 0 Å². The minimum absolute atomic E-state index is 0.0333. The van der Waals surface area contributed by atoms with Gasteiger partial charge >= 0.3 is 0 Å². The monoisotopic (exact) mass is 436 g/mol. The second-order valence-corrected chi connectivity index (χ2v) is 8.93. The van der Waals surface area contributed by atoms with Crippen LogP contribution in [-0.4, -0.2) is 55.7 Å². The minimum atomic E-state index is -0.338. The number of nitrogens with one attached hydrogen (secondary N) is 1. The van der Waals surface area contributed by atoms with Gasteiger partial charge in [-0.05, 0) is 37.1 Å². The van der Waals surface area contributed by atoms with Gasteiger partial charge in [0, 0.05) is 57.5 Å². The summed E-state index contributed by atoms with van der Waals surface area (Å²) in [7, 11) is 1.63. The van der Waals surface area contributed by atoms with Crippen LogP contribution in [-0.2, 0) is 9.53 Å². The molecule has 2 amide bonds. The molecule has 2 aromatic rings. The zero-order valence-electron chi connectivity index (χ0n) is 18.9. The Morgan fingerprint density at radius 1 is 1.16 bits per heavy atom. The van der Waals surface area contributed by atoms with E-state index in [2.05, 4.69) is 11.4 Å². The van der Waals surface area contributed by atoms with E-state index in [9.17, 15) is 9.59 Å². The molecule has 4 rings (SSSR count). The molecule has 0 aliphatic carbocycles. The lowest BCUT2D eigenvalue weighted by atomic mass is 9.76. The molecule has 1 fully saturated rings. The number of piperidine rings is 1. The summed E-state index contributed by atoms with van der Waals surface area (Å²) in [6.45, 7) is 4.33. The summed E-state index contributed by atoms with van der Waals surface area (Å²) in [5.74, 6) is 1.08. The van der Waals surface area contributed by atoms with Crippen molar-refractivity contribution in [3.63, 3.8) is 0 Å². The number of hydrogen-bond acceptors (Lipinski definition) is 4. The van der Waals surface area contributed by atoms with Gasteiger partial charge in [-0.3, -0.25) is 9.59 Å². The number of nitrogens with zero attached hydrogens (tertiary/aromatic N) is 1. The molecule has 0 unspecified atom stereocenters. The second-order valence-electron chi connectivity index (χ2n) is 8.93. The number of methoxy groups -OCH3 is 1. The number of fused-ring (bicyclic) bond motifs is 1. The number of amides is 2. The van der Waals surface area contributed by atoms with Gasteiger partial charge in [0.2, 0.25) is 5.91 Å². The van der Waals surface area contributed by atoms with Gasteiger partial charge in [-0.15, -0.1) is 0 Å².